The second-order valence-corrected chi connectivity index (χ2v) is 5.80. The number of nitrogens with zero attached hydrogens (tertiary/aromatic N) is 1. The van der Waals surface area contributed by atoms with Crippen LogP contribution in [0.25, 0.3) is 0 Å². The lowest BCUT2D eigenvalue weighted by molar-refractivity contribution is -0.137. The van der Waals surface area contributed by atoms with Gasteiger partial charge in [-0.25, -0.2) is 0 Å². The molecule has 1 saturated carbocycles. The number of nitrogens with two attached hydrogens (primary N) is 1. The molecular weight excluding hydrogens is 248 g/mol. The first kappa shape index (κ1) is 15.0. The van der Waals surface area contributed by atoms with E-state index in [2.05, 4.69) is 19.1 Å². The van der Waals surface area contributed by atoms with Gasteiger partial charge in [0.05, 0.1) is 5.92 Å². The van der Waals surface area contributed by atoms with E-state index in [0.717, 1.165) is 38.6 Å². The molecule has 0 heterocycles. The van der Waals surface area contributed by atoms with Crippen molar-refractivity contribution < 1.29 is 4.79 Å². The number of carbonyl (C=O) groups excluding carboxylic acids is 1. The summed E-state index contributed by atoms with van der Waals surface area (Å²) in [6.07, 6.45) is 5.23. The van der Waals surface area contributed by atoms with Crippen LogP contribution in [0.5, 0.6) is 0 Å². The Morgan fingerprint density at radius 1 is 1.25 bits per heavy atom. The van der Waals surface area contributed by atoms with Gasteiger partial charge in [0.25, 0.3) is 0 Å². The highest BCUT2D eigenvalue weighted by Gasteiger charge is 2.31. The van der Waals surface area contributed by atoms with Crippen LogP contribution in [0, 0.1) is 5.92 Å². The van der Waals surface area contributed by atoms with Crippen LogP contribution < -0.4 is 5.73 Å². The minimum atomic E-state index is 0.0269. The molecule has 2 unspecified atom stereocenters. The Morgan fingerprint density at radius 2 is 1.95 bits per heavy atom. The van der Waals surface area contributed by atoms with E-state index < -0.39 is 0 Å². The van der Waals surface area contributed by atoms with Crippen molar-refractivity contribution in [3.05, 3.63) is 35.9 Å². The van der Waals surface area contributed by atoms with E-state index in [-0.39, 0.29) is 17.9 Å². The van der Waals surface area contributed by atoms with Crippen LogP contribution in [-0.2, 0) is 11.3 Å². The minimum Gasteiger partial charge on any atom is -0.338 e. The van der Waals surface area contributed by atoms with E-state index in [1.807, 2.05) is 23.1 Å². The van der Waals surface area contributed by atoms with Crippen LogP contribution in [0.3, 0.4) is 0 Å². The van der Waals surface area contributed by atoms with E-state index in [4.69, 9.17) is 5.73 Å². The monoisotopic (exact) mass is 274 g/mol. The Kier molecular flexibility index (Phi) is 5.60. The molecule has 1 amide bonds. The van der Waals surface area contributed by atoms with Crippen LogP contribution in [-0.4, -0.2) is 23.4 Å². The van der Waals surface area contributed by atoms with Crippen molar-refractivity contribution in [3.63, 3.8) is 0 Å². The Morgan fingerprint density at radius 3 is 2.60 bits per heavy atom. The van der Waals surface area contributed by atoms with Gasteiger partial charge in [-0.1, -0.05) is 50.1 Å². The molecule has 1 aliphatic carbocycles. The first-order valence-corrected chi connectivity index (χ1v) is 7.80. The van der Waals surface area contributed by atoms with E-state index >= 15 is 0 Å². The van der Waals surface area contributed by atoms with Gasteiger partial charge in [0.15, 0.2) is 0 Å². The summed E-state index contributed by atoms with van der Waals surface area (Å²) >= 11 is 0. The fourth-order valence-electron chi connectivity index (χ4n) is 3.04. The summed E-state index contributed by atoms with van der Waals surface area (Å²) in [7, 11) is 0. The average molecular weight is 274 g/mol. The van der Waals surface area contributed by atoms with Crippen LogP contribution in [0.2, 0.25) is 0 Å². The third-order valence-electron chi connectivity index (χ3n) is 4.16. The number of hydrogen-bond acceptors (Lipinski definition) is 2. The second kappa shape index (κ2) is 7.44. The first-order valence-electron chi connectivity index (χ1n) is 7.80. The highest BCUT2D eigenvalue weighted by atomic mass is 16.2. The summed E-state index contributed by atoms with van der Waals surface area (Å²) in [5.41, 5.74) is 7.35. The molecule has 3 heteroatoms. The molecule has 1 aromatic carbocycles. The quantitative estimate of drug-likeness (QED) is 0.897. The Bertz CT molecular complexity index is 418. The largest absolute Gasteiger partial charge is 0.338 e. The maximum absolute atomic E-state index is 12.7. The standard InChI is InChI=1S/C17H26N2O/c1-2-12-19(13-14-8-4-3-5-9-14)17(20)15-10-6-7-11-16(15)18/h3-5,8-9,15-16H,2,6-7,10-13,18H2,1H3. The van der Waals surface area contributed by atoms with Crippen molar-refractivity contribution in [1.29, 1.82) is 0 Å². The molecular formula is C17H26N2O. The summed E-state index contributed by atoms with van der Waals surface area (Å²) in [5.74, 6) is 0.280. The second-order valence-electron chi connectivity index (χ2n) is 5.80. The highest BCUT2D eigenvalue weighted by Crippen LogP contribution is 2.25. The van der Waals surface area contributed by atoms with Gasteiger partial charge in [-0.05, 0) is 24.8 Å². The molecule has 2 rings (SSSR count). The van der Waals surface area contributed by atoms with Crippen LogP contribution in [0.15, 0.2) is 30.3 Å². The molecule has 2 atom stereocenters. The molecule has 0 aliphatic heterocycles. The summed E-state index contributed by atoms with van der Waals surface area (Å²) in [6.45, 7) is 3.64. The summed E-state index contributed by atoms with van der Waals surface area (Å²) in [5, 5.41) is 0. The molecule has 0 aromatic heterocycles. The van der Waals surface area contributed by atoms with E-state index in [1.54, 1.807) is 0 Å². The van der Waals surface area contributed by atoms with E-state index in [1.165, 1.54) is 5.56 Å². The van der Waals surface area contributed by atoms with Crippen molar-refractivity contribution in [1.82, 2.24) is 4.90 Å². The number of hydrogen-bond donors (Lipinski definition) is 1. The molecule has 2 N–H and O–H groups in total. The van der Waals surface area contributed by atoms with Gasteiger partial charge in [-0.15, -0.1) is 0 Å². The van der Waals surface area contributed by atoms with Crippen molar-refractivity contribution in [2.24, 2.45) is 11.7 Å². The minimum absolute atomic E-state index is 0.0269. The topological polar surface area (TPSA) is 46.3 Å². The van der Waals surface area contributed by atoms with Gasteiger partial charge in [0, 0.05) is 19.1 Å². The zero-order valence-electron chi connectivity index (χ0n) is 12.4. The fraction of sp³-hybridized carbons (Fsp3) is 0.588. The van der Waals surface area contributed by atoms with Crippen molar-refractivity contribution in [2.45, 2.75) is 51.6 Å². The third kappa shape index (κ3) is 3.83. The third-order valence-corrected chi connectivity index (χ3v) is 4.16. The molecule has 0 radical (unpaired) electrons. The summed E-state index contributed by atoms with van der Waals surface area (Å²) < 4.78 is 0. The highest BCUT2D eigenvalue weighted by molar-refractivity contribution is 5.79. The maximum atomic E-state index is 12.7. The first-order chi connectivity index (χ1) is 9.72. The number of amides is 1. The normalized spacial score (nSPS) is 22.5. The van der Waals surface area contributed by atoms with E-state index in [0.29, 0.717) is 6.54 Å². The van der Waals surface area contributed by atoms with Crippen molar-refractivity contribution in [2.75, 3.05) is 6.54 Å². The van der Waals surface area contributed by atoms with Crippen LogP contribution in [0.1, 0.15) is 44.6 Å². The summed E-state index contributed by atoms with van der Waals surface area (Å²) in [4.78, 5) is 14.7. The predicted molar refractivity (Wildman–Crippen MR) is 82.1 cm³/mol. The molecule has 110 valence electrons. The fourth-order valence-corrected chi connectivity index (χ4v) is 3.04. The Hall–Kier alpha value is -1.35. The molecule has 1 aliphatic rings. The lowest BCUT2D eigenvalue weighted by Gasteiger charge is -2.33. The van der Waals surface area contributed by atoms with Gasteiger partial charge in [0.2, 0.25) is 5.91 Å². The lowest BCUT2D eigenvalue weighted by Crippen LogP contribution is -2.45. The van der Waals surface area contributed by atoms with Crippen LogP contribution in [0.4, 0.5) is 0 Å². The van der Waals surface area contributed by atoms with Crippen molar-refractivity contribution >= 4 is 5.91 Å². The van der Waals surface area contributed by atoms with Crippen molar-refractivity contribution in [3.8, 4) is 0 Å². The molecule has 1 aromatic rings. The Labute approximate surface area is 122 Å². The summed E-state index contributed by atoms with van der Waals surface area (Å²) in [6, 6.07) is 10.3. The number of benzene rings is 1. The zero-order chi connectivity index (χ0) is 14.4. The molecule has 1 fully saturated rings. The molecule has 0 spiro atoms. The van der Waals surface area contributed by atoms with Gasteiger partial charge < -0.3 is 10.6 Å². The van der Waals surface area contributed by atoms with Gasteiger partial charge in [0.1, 0.15) is 0 Å². The molecule has 0 bridgehead atoms. The number of rotatable bonds is 5. The van der Waals surface area contributed by atoms with Crippen LogP contribution >= 0.6 is 0 Å². The maximum Gasteiger partial charge on any atom is 0.227 e. The van der Waals surface area contributed by atoms with Gasteiger partial charge in [-0.3, -0.25) is 4.79 Å². The van der Waals surface area contributed by atoms with Gasteiger partial charge >= 0.3 is 0 Å². The Balaban J connectivity index is 2.05. The average Bonchev–Trinajstić information content (AvgIpc) is 2.48. The lowest BCUT2D eigenvalue weighted by atomic mass is 9.84. The zero-order valence-corrected chi connectivity index (χ0v) is 12.4. The number of carbonyl (C=O) groups is 1. The smallest absolute Gasteiger partial charge is 0.227 e. The van der Waals surface area contributed by atoms with Gasteiger partial charge in [-0.2, -0.15) is 0 Å². The molecule has 3 nitrogen and oxygen atoms in total. The predicted octanol–water partition coefficient (Wildman–Crippen LogP) is 2.94. The van der Waals surface area contributed by atoms with E-state index in [9.17, 15) is 4.79 Å². The molecule has 0 saturated heterocycles. The SMILES string of the molecule is CCCN(Cc1ccccc1)C(=O)C1CCCCC1N. The molecule has 20 heavy (non-hydrogen) atoms.